The number of carbonyl (C=O) groups excluding carboxylic acids is 1. The molecule has 1 heterocycles. The number of ether oxygens (including phenoxy) is 1. The van der Waals surface area contributed by atoms with Gasteiger partial charge in [0, 0.05) is 25.8 Å². The molecule has 2 N–H and O–H groups in total. The summed E-state index contributed by atoms with van der Waals surface area (Å²) < 4.78 is 18.1. The fourth-order valence-electron chi connectivity index (χ4n) is 2.07. The lowest BCUT2D eigenvalue weighted by molar-refractivity contribution is 0.0765. The predicted molar refractivity (Wildman–Crippen MR) is 71.3 cm³/mol. The first-order chi connectivity index (χ1) is 9.11. The molecule has 1 aromatic rings. The molecule has 5 heteroatoms. The first-order valence-corrected chi connectivity index (χ1v) is 6.13. The van der Waals surface area contributed by atoms with E-state index in [1.54, 1.807) is 12.0 Å². The molecule has 1 aromatic carbocycles. The van der Waals surface area contributed by atoms with Gasteiger partial charge in [0.05, 0.1) is 12.3 Å². The summed E-state index contributed by atoms with van der Waals surface area (Å²) in [5.74, 6) is -0.628. The molecule has 2 rings (SSSR count). The molecule has 0 radical (unpaired) electrons. The molecule has 102 valence electrons. The van der Waals surface area contributed by atoms with Crippen LogP contribution in [0.2, 0.25) is 0 Å². The third-order valence-electron chi connectivity index (χ3n) is 3.16. The van der Waals surface area contributed by atoms with E-state index in [0.717, 1.165) is 6.42 Å². The van der Waals surface area contributed by atoms with Gasteiger partial charge in [-0.15, -0.1) is 0 Å². The molecule has 1 aliphatic heterocycles. The van der Waals surface area contributed by atoms with E-state index in [1.165, 1.54) is 23.8 Å². The summed E-state index contributed by atoms with van der Waals surface area (Å²) in [7, 11) is 1.65. The van der Waals surface area contributed by atoms with Crippen LogP contribution in [-0.2, 0) is 4.74 Å². The van der Waals surface area contributed by atoms with Crippen molar-refractivity contribution in [1.82, 2.24) is 4.90 Å². The number of hydrogen-bond acceptors (Lipinski definition) is 3. The van der Waals surface area contributed by atoms with Gasteiger partial charge in [-0.3, -0.25) is 4.79 Å². The highest BCUT2D eigenvalue weighted by molar-refractivity contribution is 5.95. The van der Waals surface area contributed by atoms with Gasteiger partial charge >= 0.3 is 0 Å². The molecular weight excluding hydrogens is 247 g/mol. The SMILES string of the molecule is COCC1=CCN(C(=O)c2ccc(F)c(N)c2)CC1. The van der Waals surface area contributed by atoms with Crippen LogP contribution >= 0.6 is 0 Å². The number of benzene rings is 1. The van der Waals surface area contributed by atoms with Crippen LogP contribution in [0.5, 0.6) is 0 Å². The number of hydrogen-bond donors (Lipinski definition) is 1. The molecule has 19 heavy (non-hydrogen) atoms. The molecule has 0 saturated carbocycles. The Hall–Kier alpha value is -1.88. The van der Waals surface area contributed by atoms with Crippen LogP contribution in [-0.4, -0.2) is 37.6 Å². The summed E-state index contributed by atoms with van der Waals surface area (Å²) in [5.41, 5.74) is 7.09. The standard InChI is InChI=1S/C14H17FN2O2/c1-19-9-10-4-6-17(7-5-10)14(18)11-2-3-12(15)13(16)8-11/h2-4,8H,5-7,9,16H2,1H3. The molecule has 0 bridgehead atoms. The Morgan fingerprint density at radius 1 is 1.53 bits per heavy atom. The van der Waals surface area contributed by atoms with Crippen molar-refractivity contribution in [2.24, 2.45) is 0 Å². The number of nitrogens with two attached hydrogens (primary N) is 1. The summed E-state index contributed by atoms with van der Waals surface area (Å²) in [5, 5.41) is 0. The molecule has 4 nitrogen and oxygen atoms in total. The molecule has 0 aromatic heterocycles. The van der Waals surface area contributed by atoms with Crippen LogP contribution in [0.25, 0.3) is 0 Å². The summed E-state index contributed by atoms with van der Waals surface area (Å²) in [6, 6.07) is 4.06. The third kappa shape index (κ3) is 3.12. The van der Waals surface area contributed by atoms with Gasteiger partial charge in [-0.1, -0.05) is 6.08 Å². The number of carbonyl (C=O) groups is 1. The molecular formula is C14H17FN2O2. The highest BCUT2D eigenvalue weighted by atomic mass is 19.1. The highest BCUT2D eigenvalue weighted by Gasteiger charge is 2.19. The quantitative estimate of drug-likeness (QED) is 0.669. The maximum Gasteiger partial charge on any atom is 0.254 e. The van der Waals surface area contributed by atoms with Gasteiger partial charge in [0.1, 0.15) is 5.82 Å². The number of amides is 1. The monoisotopic (exact) mass is 264 g/mol. The van der Waals surface area contributed by atoms with Crippen LogP contribution in [0.15, 0.2) is 29.8 Å². The Balaban J connectivity index is 2.07. The molecule has 0 atom stereocenters. The second kappa shape index (κ2) is 5.84. The second-order valence-electron chi connectivity index (χ2n) is 4.53. The van der Waals surface area contributed by atoms with Gasteiger partial charge in [0.15, 0.2) is 0 Å². The van der Waals surface area contributed by atoms with Gasteiger partial charge in [0.25, 0.3) is 5.91 Å². The van der Waals surface area contributed by atoms with Crippen LogP contribution in [0.3, 0.4) is 0 Å². The van der Waals surface area contributed by atoms with Gasteiger partial charge in [0.2, 0.25) is 0 Å². The van der Waals surface area contributed by atoms with Crippen molar-refractivity contribution in [3.05, 3.63) is 41.2 Å². The normalized spacial score (nSPS) is 15.3. The smallest absolute Gasteiger partial charge is 0.254 e. The number of anilines is 1. The van der Waals surface area contributed by atoms with Gasteiger partial charge in [-0.2, -0.15) is 0 Å². The van der Waals surface area contributed by atoms with E-state index in [9.17, 15) is 9.18 Å². The Labute approximate surface area is 111 Å². The second-order valence-corrected chi connectivity index (χ2v) is 4.53. The average Bonchev–Trinajstić information content (AvgIpc) is 2.42. The lowest BCUT2D eigenvalue weighted by atomic mass is 10.1. The number of halogens is 1. The number of nitrogen functional groups attached to an aromatic ring is 1. The lowest BCUT2D eigenvalue weighted by Crippen LogP contribution is -2.35. The van der Waals surface area contributed by atoms with Crippen molar-refractivity contribution in [1.29, 1.82) is 0 Å². The van der Waals surface area contributed by atoms with Crippen LogP contribution in [0, 0.1) is 5.82 Å². The Bertz CT molecular complexity index is 514. The van der Waals surface area contributed by atoms with E-state index < -0.39 is 5.82 Å². The van der Waals surface area contributed by atoms with E-state index >= 15 is 0 Å². The van der Waals surface area contributed by atoms with Crippen molar-refractivity contribution in [3.8, 4) is 0 Å². The Kier molecular flexibility index (Phi) is 4.16. The van der Waals surface area contributed by atoms with Crippen LogP contribution in [0.4, 0.5) is 10.1 Å². The lowest BCUT2D eigenvalue weighted by Gasteiger charge is -2.26. The van der Waals surface area contributed by atoms with Crippen molar-refractivity contribution >= 4 is 11.6 Å². The molecule has 1 aliphatic rings. The third-order valence-corrected chi connectivity index (χ3v) is 3.16. The number of nitrogens with zero attached hydrogens (tertiary/aromatic N) is 1. The minimum atomic E-state index is -0.502. The van der Waals surface area contributed by atoms with Crippen molar-refractivity contribution in [2.45, 2.75) is 6.42 Å². The first kappa shape index (κ1) is 13.5. The fourth-order valence-corrected chi connectivity index (χ4v) is 2.07. The highest BCUT2D eigenvalue weighted by Crippen LogP contribution is 2.17. The maximum absolute atomic E-state index is 13.1. The topological polar surface area (TPSA) is 55.6 Å². The van der Waals surface area contributed by atoms with Crippen molar-refractivity contribution in [2.75, 3.05) is 32.5 Å². The van der Waals surface area contributed by atoms with Gasteiger partial charge in [-0.25, -0.2) is 4.39 Å². The Morgan fingerprint density at radius 2 is 2.32 bits per heavy atom. The summed E-state index contributed by atoms with van der Waals surface area (Å²) in [4.78, 5) is 13.9. The zero-order valence-corrected chi connectivity index (χ0v) is 10.9. The zero-order valence-electron chi connectivity index (χ0n) is 10.9. The largest absolute Gasteiger partial charge is 0.396 e. The first-order valence-electron chi connectivity index (χ1n) is 6.13. The van der Waals surface area contributed by atoms with E-state index in [4.69, 9.17) is 10.5 Å². The van der Waals surface area contributed by atoms with Gasteiger partial charge in [-0.05, 0) is 30.2 Å². The van der Waals surface area contributed by atoms with Crippen molar-refractivity contribution in [3.63, 3.8) is 0 Å². The molecule has 0 unspecified atom stereocenters. The molecule has 1 amide bonds. The molecule has 0 saturated heterocycles. The fraction of sp³-hybridized carbons (Fsp3) is 0.357. The summed E-state index contributed by atoms with van der Waals surface area (Å²) in [6.45, 7) is 1.80. The van der Waals surface area contributed by atoms with E-state index in [-0.39, 0.29) is 11.6 Å². The maximum atomic E-state index is 13.1. The van der Waals surface area contributed by atoms with Crippen LogP contribution in [0.1, 0.15) is 16.8 Å². The van der Waals surface area contributed by atoms with Gasteiger partial charge < -0.3 is 15.4 Å². The zero-order chi connectivity index (χ0) is 13.8. The van der Waals surface area contributed by atoms with E-state index in [0.29, 0.717) is 25.3 Å². The number of rotatable bonds is 3. The predicted octanol–water partition coefficient (Wildman–Crippen LogP) is 1.83. The molecule has 0 aliphatic carbocycles. The average molecular weight is 264 g/mol. The van der Waals surface area contributed by atoms with Crippen LogP contribution < -0.4 is 5.73 Å². The van der Waals surface area contributed by atoms with E-state index in [2.05, 4.69) is 0 Å². The Morgan fingerprint density at radius 3 is 2.89 bits per heavy atom. The summed E-state index contributed by atoms with van der Waals surface area (Å²) >= 11 is 0. The minimum Gasteiger partial charge on any atom is -0.396 e. The van der Waals surface area contributed by atoms with E-state index in [1.807, 2.05) is 6.08 Å². The van der Waals surface area contributed by atoms with Crippen molar-refractivity contribution < 1.29 is 13.9 Å². The molecule has 0 spiro atoms. The minimum absolute atomic E-state index is 0.00141. The summed E-state index contributed by atoms with van der Waals surface area (Å²) in [6.07, 6.45) is 2.80. The number of methoxy groups -OCH3 is 1. The molecule has 0 fully saturated rings.